The van der Waals surface area contributed by atoms with Crippen LogP contribution in [0.1, 0.15) is 11.1 Å². The van der Waals surface area contributed by atoms with Crippen LogP contribution in [0.5, 0.6) is 34.5 Å². The lowest BCUT2D eigenvalue weighted by Crippen LogP contribution is -2.32. The van der Waals surface area contributed by atoms with Crippen LogP contribution in [-0.4, -0.2) is 68.8 Å². The molecule has 0 radical (unpaired) electrons. The third kappa shape index (κ3) is 7.59. The van der Waals surface area contributed by atoms with E-state index in [1.165, 1.54) is 0 Å². The van der Waals surface area contributed by atoms with Gasteiger partial charge in [-0.25, -0.2) is 0 Å². The smallest absolute Gasteiger partial charge is 0.203 e. The van der Waals surface area contributed by atoms with E-state index in [9.17, 15) is 0 Å². The molecule has 0 unspecified atom stereocenters. The highest BCUT2D eigenvalue weighted by molar-refractivity contribution is 5.54. The zero-order valence-corrected chi connectivity index (χ0v) is 20.5. The van der Waals surface area contributed by atoms with Crippen molar-refractivity contribution < 1.29 is 28.4 Å². The molecule has 2 aromatic carbocycles. The number of methoxy groups -OCH3 is 6. The van der Waals surface area contributed by atoms with Crippen molar-refractivity contribution in [1.82, 2.24) is 16.0 Å². The number of ether oxygens (including phenoxy) is 6. The van der Waals surface area contributed by atoms with Gasteiger partial charge < -0.3 is 44.4 Å². The molecule has 9 heteroatoms. The summed E-state index contributed by atoms with van der Waals surface area (Å²) in [5, 5.41) is 10.3. The van der Waals surface area contributed by atoms with Gasteiger partial charge in [-0.1, -0.05) is 0 Å². The molecule has 0 saturated carbocycles. The third-order valence-corrected chi connectivity index (χ3v) is 5.06. The third-order valence-electron chi connectivity index (χ3n) is 5.06. The highest BCUT2D eigenvalue weighted by Crippen LogP contribution is 2.39. The lowest BCUT2D eigenvalue weighted by molar-refractivity contribution is 0.323. The Hall–Kier alpha value is -2.88. The maximum Gasteiger partial charge on any atom is 0.203 e. The van der Waals surface area contributed by atoms with Gasteiger partial charge in [-0.05, 0) is 35.4 Å². The molecule has 0 aliphatic heterocycles. The molecule has 0 aromatic heterocycles. The summed E-state index contributed by atoms with van der Waals surface area (Å²) in [6.07, 6.45) is 0. The summed E-state index contributed by atoms with van der Waals surface area (Å²) in [5.74, 6) is 3.83. The number of rotatable bonds is 16. The fourth-order valence-electron chi connectivity index (χ4n) is 3.42. The Balaban J connectivity index is 1.67. The Morgan fingerprint density at radius 3 is 1.03 bits per heavy atom. The van der Waals surface area contributed by atoms with E-state index in [4.69, 9.17) is 28.4 Å². The molecule has 0 bridgehead atoms. The van der Waals surface area contributed by atoms with E-state index in [1.54, 1.807) is 42.7 Å². The fraction of sp³-hybridized carbons (Fsp3) is 0.500. The molecule has 9 nitrogen and oxygen atoms in total. The normalized spacial score (nSPS) is 10.6. The average Bonchev–Trinajstić information content (AvgIpc) is 2.85. The van der Waals surface area contributed by atoms with Crippen molar-refractivity contribution in [2.45, 2.75) is 13.1 Å². The summed E-state index contributed by atoms with van der Waals surface area (Å²) >= 11 is 0. The maximum absolute atomic E-state index is 5.40. The van der Waals surface area contributed by atoms with Crippen molar-refractivity contribution in [3.63, 3.8) is 0 Å². The number of nitrogens with one attached hydrogen (secondary N) is 3. The fourth-order valence-corrected chi connectivity index (χ4v) is 3.42. The van der Waals surface area contributed by atoms with E-state index in [0.29, 0.717) is 47.6 Å². The molecule has 0 spiro atoms. The first-order valence-corrected chi connectivity index (χ1v) is 10.8. The maximum atomic E-state index is 5.40. The molecular weight excluding hydrogens is 426 g/mol. The van der Waals surface area contributed by atoms with Crippen LogP contribution in [0, 0.1) is 0 Å². The average molecular weight is 464 g/mol. The van der Waals surface area contributed by atoms with Gasteiger partial charge in [-0.15, -0.1) is 0 Å². The van der Waals surface area contributed by atoms with Gasteiger partial charge in [0.15, 0.2) is 23.0 Å². The Labute approximate surface area is 196 Å². The van der Waals surface area contributed by atoms with Crippen LogP contribution in [0.3, 0.4) is 0 Å². The summed E-state index contributed by atoms with van der Waals surface area (Å²) in [6, 6.07) is 7.81. The Morgan fingerprint density at radius 1 is 0.455 bits per heavy atom. The zero-order valence-electron chi connectivity index (χ0n) is 20.5. The Morgan fingerprint density at radius 2 is 0.758 bits per heavy atom. The molecule has 0 fully saturated rings. The zero-order chi connectivity index (χ0) is 24.1. The van der Waals surface area contributed by atoms with E-state index < -0.39 is 0 Å². The van der Waals surface area contributed by atoms with Crippen LogP contribution in [0.15, 0.2) is 24.3 Å². The summed E-state index contributed by atoms with van der Waals surface area (Å²) in [4.78, 5) is 0. The summed E-state index contributed by atoms with van der Waals surface area (Å²) in [7, 11) is 9.68. The monoisotopic (exact) mass is 463 g/mol. The van der Waals surface area contributed by atoms with E-state index in [-0.39, 0.29) is 0 Å². The van der Waals surface area contributed by atoms with Gasteiger partial charge in [0.2, 0.25) is 11.5 Å². The number of hydrogen-bond donors (Lipinski definition) is 3. The minimum absolute atomic E-state index is 0.601. The molecule has 184 valence electrons. The minimum Gasteiger partial charge on any atom is -0.493 e. The first-order valence-electron chi connectivity index (χ1n) is 10.8. The van der Waals surface area contributed by atoms with Crippen molar-refractivity contribution >= 4 is 0 Å². The van der Waals surface area contributed by atoms with Gasteiger partial charge in [0.05, 0.1) is 42.7 Å². The van der Waals surface area contributed by atoms with Crippen molar-refractivity contribution in [2.24, 2.45) is 0 Å². The van der Waals surface area contributed by atoms with Crippen LogP contribution in [0.2, 0.25) is 0 Å². The second-order valence-corrected chi connectivity index (χ2v) is 7.17. The number of hydrogen-bond acceptors (Lipinski definition) is 9. The van der Waals surface area contributed by atoms with Crippen molar-refractivity contribution in [3.05, 3.63) is 35.4 Å². The largest absolute Gasteiger partial charge is 0.493 e. The van der Waals surface area contributed by atoms with Gasteiger partial charge in [0.1, 0.15) is 0 Å². The standard InChI is InChI=1S/C24H37N3O6/c1-28-19-11-17(12-20(29-2)23(19)32-5)15-26-9-7-25-8-10-27-16-18-13-21(30-3)24(33-6)22(14-18)31-4/h11-14,25-27H,7-10,15-16H2,1-6H3. The van der Waals surface area contributed by atoms with Crippen LogP contribution in [0.25, 0.3) is 0 Å². The van der Waals surface area contributed by atoms with Crippen molar-refractivity contribution in [2.75, 3.05) is 68.8 Å². The quantitative estimate of drug-likeness (QED) is 0.324. The van der Waals surface area contributed by atoms with E-state index >= 15 is 0 Å². The first kappa shape index (κ1) is 26.4. The molecule has 33 heavy (non-hydrogen) atoms. The summed E-state index contributed by atoms with van der Waals surface area (Å²) in [6.45, 7) is 4.80. The van der Waals surface area contributed by atoms with Crippen LogP contribution in [-0.2, 0) is 13.1 Å². The van der Waals surface area contributed by atoms with Gasteiger partial charge in [-0.3, -0.25) is 0 Å². The highest BCUT2D eigenvalue weighted by Gasteiger charge is 2.13. The topological polar surface area (TPSA) is 91.5 Å². The second kappa shape index (κ2) is 14.3. The lowest BCUT2D eigenvalue weighted by atomic mass is 10.1. The molecule has 2 aromatic rings. The van der Waals surface area contributed by atoms with Gasteiger partial charge in [0.25, 0.3) is 0 Å². The highest BCUT2D eigenvalue weighted by atomic mass is 16.5. The van der Waals surface area contributed by atoms with E-state index in [2.05, 4.69) is 16.0 Å². The van der Waals surface area contributed by atoms with Crippen LogP contribution in [0.4, 0.5) is 0 Å². The molecule has 0 saturated heterocycles. The Kier molecular flexibility index (Phi) is 11.4. The summed E-state index contributed by atoms with van der Waals surface area (Å²) < 4.78 is 32.3. The predicted octanol–water partition coefficient (Wildman–Crippen LogP) is 2.21. The van der Waals surface area contributed by atoms with Gasteiger partial charge in [0, 0.05) is 39.3 Å². The summed E-state index contributed by atoms with van der Waals surface area (Å²) in [5.41, 5.74) is 2.13. The van der Waals surface area contributed by atoms with E-state index in [0.717, 1.165) is 37.3 Å². The molecule has 0 amide bonds. The Bertz CT molecular complexity index is 743. The first-order chi connectivity index (χ1) is 16.1. The van der Waals surface area contributed by atoms with Gasteiger partial charge >= 0.3 is 0 Å². The van der Waals surface area contributed by atoms with Crippen LogP contribution >= 0.6 is 0 Å². The molecule has 0 aliphatic carbocycles. The van der Waals surface area contributed by atoms with Crippen molar-refractivity contribution in [3.8, 4) is 34.5 Å². The molecule has 3 N–H and O–H groups in total. The van der Waals surface area contributed by atoms with Crippen molar-refractivity contribution in [1.29, 1.82) is 0 Å². The van der Waals surface area contributed by atoms with Gasteiger partial charge in [-0.2, -0.15) is 0 Å². The van der Waals surface area contributed by atoms with E-state index in [1.807, 2.05) is 24.3 Å². The molecule has 0 heterocycles. The second-order valence-electron chi connectivity index (χ2n) is 7.17. The number of benzene rings is 2. The lowest BCUT2D eigenvalue weighted by Gasteiger charge is -2.15. The minimum atomic E-state index is 0.601. The SMILES string of the molecule is COc1cc(CNCCNCCNCc2cc(OC)c(OC)c(OC)c2)cc(OC)c1OC. The molecular formula is C24H37N3O6. The predicted molar refractivity (Wildman–Crippen MR) is 128 cm³/mol. The molecule has 0 atom stereocenters. The van der Waals surface area contributed by atoms with Crippen LogP contribution < -0.4 is 44.4 Å². The molecule has 2 rings (SSSR count). The molecule has 0 aliphatic rings.